The van der Waals surface area contributed by atoms with Gasteiger partial charge in [-0.15, -0.1) is 0 Å². The number of hydrogen-bond acceptors (Lipinski definition) is 6. The molecular weight excluding hydrogens is 564 g/mol. The predicted molar refractivity (Wildman–Crippen MR) is 175 cm³/mol. The number of aryl methyl sites for hydroxylation is 2. The van der Waals surface area contributed by atoms with Crippen molar-refractivity contribution in [2.24, 2.45) is 18.1 Å². The molecule has 2 unspecified atom stereocenters. The Kier molecular flexibility index (Phi) is 15.3. The van der Waals surface area contributed by atoms with Crippen molar-refractivity contribution in [1.29, 1.82) is 0 Å². The van der Waals surface area contributed by atoms with Gasteiger partial charge >= 0.3 is 0 Å². The van der Waals surface area contributed by atoms with Gasteiger partial charge in [-0.2, -0.15) is 10.2 Å². The second-order valence-electron chi connectivity index (χ2n) is 11.0. The molecule has 0 spiro atoms. The maximum Gasteiger partial charge on any atom is 0.264 e. The number of halogens is 2. The van der Waals surface area contributed by atoms with Crippen molar-refractivity contribution >= 4 is 23.3 Å². The Morgan fingerprint density at radius 2 is 1.77 bits per heavy atom. The molecule has 0 bridgehead atoms. The van der Waals surface area contributed by atoms with Gasteiger partial charge in [0.25, 0.3) is 6.43 Å². The fraction of sp³-hybridized carbons (Fsp3) is 0.636. The van der Waals surface area contributed by atoms with Crippen molar-refractivity contribution in [1.82, 2.24) is 25.4 Å². The number of hydrazone groups is 1. The maximum atomic E-state index is 14.2. The number of alkyl halides is 2. The minimum absolute atomic E-state index is 0.00309. The average Bonchev–Trinajstić information content (AvgIpc) is 3.49. The first-order valence-electron chi connectivity index (χ1n) is 16.2. The predicted octanol–water partition coefficient (Wildman–Crippen LogP) is 6.30. The Morgan fingerprint density at radius 3 is 2.32 bits per heavy atom. The summed E-state index contributed by atoms with van der Waals surface area (Å²) in [4.78, 5) is 26.4. The van der Waals surface area contributed by atoms with Gasteiger partial charge in [0.2, 0.25) is 11.8 Å². The first-order chi connectivity index (χ1) is 21.1. The zero-order valence-corrected chi connectivity index (χ0v) is 27.9. The molecule has 1 saturated heterocycles. The van der Waals surface area contributed by atoms with Crippen LogP contribution in [0.3, 0.4) is 0 Å². The molecular formula is C33H53F2N7O2. The number of carbonyl (C=O) groups is 2. The van der Waals surface area contributed by atoms with E-state index in [-0.39, 0.29) is 29.3 Å². The van der Waals surface area contributed by atoms with Gasteiger partial charge in [0.05, 0.1) is 6.20 Å². The van der Waals surface area contributed by atoms with Crippen LogP contribution in [0, 0.1) is 5.92 Å². The summed E-state index contributed by atoms with van der Waals surface area (Å²) in [5, 5.41) is 11.6. The van der Waals surface area contributed by atoms with E-state index >= 15 is 0 Å². The number of nitrogens with zero attached hydrogens (tertiary/aromatic N) is 5. The summed E-state index contributed by atoms with van der Waals surface area (Å²) in [6.07, 6.45) is 6.25. The number of amidine groups is 1. The minimum Gasteiger partial charge on any atom is -0.356 e. The van der Waals surface area contributed by atoms with E-state index in [9.17, 15) is 18.4 Å². The molecule has 9 nitrogen and oxygen atoms in total. The summed E-state index contributed by atoms with van der Waals surface area (Å²) in [5.74, 6) is 0.984. The fourth-order valence-corrected chi connectivity index (χ4v) is 5.42. The van der Waals surface area contributed by atoms with E-state index in [1.54, 1.807) is 37.1 Å². The second-order valence-corrected chi connectivity index (χ2v) is 11.0. The van der Waals surface area contributed by atoms with Gasteiger partial charge in [-0.25, -0.2) is 8.78 Å². The molecule has 2 atom stereocenters. The van der Waals surface area contributed by atoms with Crippen LogP contribution in [0.4, 0.5) is 14.5 Å². The Balaban J connectivity index is 0.000000526. The van der Waals surface area contributed by atoms with Crippen LogP contribution in [0.5, 0.6) is 0 Å². The molecule has 4 heterocycles. The second kappa shape index (κ2) is 18.3. The SMILES string of the molecule is CC.CC.CC(=O)N1CCC(C)N/N=C(/N2CCCc3cc(-c4cnn(C)c4)c(C(F)F)cc32)C(C)C1.O=C1CCCCN1. The highest BCUT2D eigenvalue weighted by atomic mass is 19.3. The Labute approximate surface area is 262 Å². The standard InChI is InChI=1S/C24H32F2N6O.C5H9NO.2C2H6/c1-15-13-31(17(3)33)9-7-16(2)28-29-24(15)32-8-5-6-18-10-20(19-12-27-30(4)14-19)21(23(25)26)11-22(18)32;7-5-3-1-2-4-6-5;2*1-2/h10-12,14-16,23,28H,5-9,13H2,1-4H3;1-4H2,(H,6,7);2*1-2H3/b29-24+;;;. The number of hydrogen-bond donors (Lipinski definition) is 2. The third kappa shape index (κ3) is 10.0. The summed E-state index contributed by atoms with van der Waals surface area (Å²) in [6, 6.07) is 3.61. The van der Waals surface area contributed by atoms with E-state index < -0.39 is 6.43 Å². The van der Waals surface area contributed by atoms with Gasteiger partial charge in [-0.3, -0.25) is 14.3 Å². The molecule has 5 rings (SSSR count). The molecule has 0 aliphatic carbocycles. The van der Waals surface area contributed by atoms with E-state index in [4.69, 9.17) is 5.10 Å². The monoisotopic (exact) mass is 617 g/mol. The topological polar surface area (TPSA) is 94.9 Å². The normalized spacial score (nSPS) is 21.1. The van der Waals surface area contributed by atoms with E-state index in [0.29, 0.717) is 30.8 Å². The summed E-state index contributed by atoms with van der Waals surface area (Å²) >= 11 is 0. The molecule has 2 aromatic rings. The highest BCUT2D eigenvalue weighted by Gasteiger charge is 2.30. The van der Waals surface area contributed by atoms with Crippen LogP contribution in [-0.4, -0.2) is 64.6 Å². The van der Waals surface area contributed by atoms with E-state index in [2.05, 4.69) is 20.7 Å². The lowest BCUT2D eigenvalue weighted by Crippen LogP contribution is -2.44. The van der Waals surface area contributed by atoms with Crippen LogP contribution in [0.2, 0.25) is 0 Å². The zero-order valence-electron chi connectivity index (χ0n) is 27.9. The van der Waals surface area contributed by atoms with Crippen LogP contribution < -0.4 is 15.6 Å². The van der Waals surface area contributed by atoms with Crippen molar-refractivity contribution < 1.29 is 18.4 Å². The van der Waals surface area contributed by atoms with Crippen LogP contribution in [-0.2, 0) is 23.1 Å². The number of amides is 2. The molecule has 246 valence electrons. The zero-order chi connectivity index (χ0) is 32.8. The van der Waals surface area contributed by atoms with Gasteiger partial charge in [0, 0.05) is 81.5 Å². The highest BCUT2D eigenvalue weighted by molar-refractivity contribution is 6.01. The van der Waals surface area contributed by atoms with Gasteiger partial charge in [0.1, 0.15) is 5.84 Å². The van der Waals surface area contributed by atoms with Gasteiger partial charge in [0.15, 0.2) is 0 Å². The fourth-order valence-electron chi connectivity index (χ4n) is 5.42. The van der Waals surface area contributed by atoms with E-state index in [1.165, 1.54) is 0 Å². The molecule has 0 saturated carbocycles. The number of piperidine rings is 1. The molecule has 11 heteroatoms. The molecule has 1 fully saturated rings. The molecule has 3 aliphatic rings. The lowest BCUT2D eigenvalue weighted by atomic mass is 9.92. The smallest absolute Gasteiger partial charge is 0.264 e. The third-order valence-corrected chi connectivity index (χ3v) is 7.66. The first kappa shape index (κ1) is 36.7. The number of aromatic nitrogens is 2. The summed E-state index contributed by atoms with van der Waals surface area (Å²) in [7, 11) is 1.78. The van der Waals surface area contributed by atoms with Crippen LogP contribution in [0.15, 0.2) is 29.6 Å². The van der Waals surface area contributed by atoms with Crippen molar-refractivity contribution in [2.75, 3.05) is 31.1 Å². The number of fused-ring (bicyclic) bond motifs is 1. The van der Waals surface area contributed by atoms with E-state index in [1.807, 2.05) is 52.5 Å². The Morgan fingerprint density at radius 1 is 1.05 bits per heavy atom. The number of nitrogens with one attached hydrogen (secondary N) is 2. The molecule has 0 radical (unpaired) electrons. The molecule has 2 amide bonds. The Hall–Kier alpha value is -3.50. The number of rotatable bonds is 2. The van der Waals surface area contributed by atoms with E-state index in [0.717, 1.165) is 62.2 Å². The average molecular weight is 618 g/mol. The highest BCUT2D eigenvalue weighted by Crippen LogP contribution is 2.39. The van der Waals surface area contributed by atoms with Crippen LogP contribution >= 0.6 is 0 Å². The number of carbonyl (C=O) groups excluding carboxylic acids is 2. The van der Waals surface area contributed by atoms with Crippen molar-refractivity contribution in [2.45, 2.75) is 99.5 Å². The largest absolute Gasteiger partial charge is 0.356 e. The third-order valence-electron chi connectivity index (χ3n) is 7.66. The number of benzene rings is 1. The summed E-state index contributed by atoms with van der Waals surface area (Å²) < 4.78 is 30.0. The maximum absolute atomic E-state index is 14.2. The number of anilines is 1. The lowest BCUT2D eigenvalue weighted by molar-refractivity contribution is -0.129. The Bertz CT molecular complexity index is 1220. The minimum atomic E-state index is -2.61. The summed E-state index contributed by atoms with van der Waals surface area (Å²) in [5.41, 5.74) is 6.23. The quantitative estimate of drug-likeness (QED) is 0.413. The van der Waals surface area contributed by atoms with Crippen molar-refractivity contribution in [3.8, 4) is 11.1 Å². The molecule has 1 aromatic carbocycles. The molecule has 3 aliphatic heterocycles. The van der Waals surface area contributed by atoms with Gasteiger partial charge in [-0.1, -0.05) is 34.6 Å². The van der Waals surface area contributed by atoms with Gasteiger partial charge < -0.3 is 20.5 Å². The molecule has 2 N–H and O–H groups in total. The molecule has 1 aromatic heterocycles. The molecule has 44 heavy (non-hydrogen) atoms. The van der Waals surface area contributed by atoms with Gasteiger partial charge in [-0.05, 0) is 62.3 Å². The lowest BCUT2D eigenvalue weighted by Gasteiger charge is -2.36. The van der Waals surface area contributed by atoms with Crippen LogP contribution in [0.1, 0.15) is 98.1 Å². The van der Waals surface area contributed by atoms with Crippen LogP contribution in [0.25, 0.3) is 11.1 Å². The van der Waals surface area contributed by atoms with Crippen molar-refractivity contribution in [3.63, 3.8) is 0 Å². The van der Waals surface area contributed by atoms with Crippen molar-refractivity contribution in [3.05, 3.63) is 35.7 Å². The summed E-state index contributed by atoms with van der Waals surface area (Å²) in [6.45, 7) is 16.5. The first-order valence-corrected chi connectivity index (χ1v) is 16.2.